The summed E-state index contributed by atoms with van der Waals surface area (Å²) in [5.41, 5.74) is -0.654. The molecule has 14 heteroatoms. The maximum absolute atomic E-state index is 13.8. The van der Waals surface area contributed by atoms with Crippen molar-refractivity contribution in [1.82, 2.24) is 4.57 Å². The highest BCUT2D eigenvalue weighted by Crippen LogP contribution is 2.54. The van der Waals surface area contributed by atoms with E-state index in [1.807, 2.05) is 0 Å². The normalized spacial score (nSPS) is 19.9. The molecule has 3 atom stereocenters. The second kappa shape index (κ2) is 10.5. The number of ether oxygens (including phenoxy) is 1. The van der Waals surface area contributed by atoms with Crippen LogP contribution >= 0.6 is 23.1 Å². The minimum Gasteiger partial charge on any atom is -0.497 e. The van der Waals surface area contributed by atoms with Crippen molar-refractivity contribution in [3.05, 3.63) is 92.8 Å². The molecule has 4 heterocycles. The number of benzene rings is 2. The molecule has 216 valence electrons. The van der Waals surface area contributed by atoms with Gasteiger partial charge in [0.15, 0.2) is 0 Å². The van der Waals surface area contributed by atoms with Crippen LogP contribution in [-0.4, -0.2) is 34.6 Å². The quantitative estimate of drug-likeness (QED) is 0.305. The number of carbonyl (C=O) groups excluding carboxylic acids is 3. The summed E-state index contributed by atoms with van der Waals surface area (Å²) in [6.07, 6.45) is -3.17. The lowest BCUT2D eigenvalue weighted by atomic mass is 9.87. The van der Waals surface area contributed by atoms with Gasteiger partial charge in [-0.05, 0) is 54.6 Å². The van der Waals surface area contributed by atoms with Crippen LogP contribution in [0.1, 0.15) is 22.1 Å². The Bertz CT molecular complexity index is 1750. The van der Waals surface area contributed by atoms with E-state index in [0.29, 0.717) is 27.1 Å². The maximum Gasteiger partial charge on any atom is 0.416 e. The fraction of sp³-hybridized carbons (Fsp3) is 0.214. The van der Waals surface area contributed by atoms with Crippen LogP contribution in [0.2, 0.25) is 0 Å². The topological polar surface area (TPSA) is 111 Å². The number of halogens is 3. The number of fused-ring (bicyclic) bond motifs is 2. The van der Waals surface area contributed by atoms with Crippen molar-refractivity contribution in [2.24, 2.45) is 5.92 Å². The summed E-state index contributed by atoms with van der Waals surface area (Å²) in [5, 5.41) is 1.81. The Labute approximate surface area is 243 Å². The van der Waals surface area contributed by atoms with E-state index in [1.165, 1.54) is 24.0 Å². The minimum absolute atomic E-state index is 0.0835. The molecule has 2 aromatic carbocycles. The van der Waals surface area contributed by atoms with Crippen molar-refractivity contribution in [3.8, 4) is 5.75 Å². The number of methoxy groups -OCH3 is 1. The molecule has 0 bridgehead atoms. The van der Waals surface area contributed by atoms with E-state index in [4.69, 9.17) is 9.15 Å². The molecule has 2 aliphatic heterocycles. The second-order valence-corrected chi connectivity index (χ2v) is 11.6. The first-order chi connectivity index (χ1) is 20.1. The number of alkyl halides is 3. The average molecular weight is 616 g/mol. The fourth-order valence-electron chi connectivity index (χ4n) is 5.13. The molecule has 1 N–H and O–H groups in total. The molecule has 2 unspecified atom stereocenters. The summed E-state index contributed by atoms with van der Waals surface area (Å²) in [6, 6.07) is 13.9. The van der Waals surface area contributed by atoms with Crippen LogP contribution in [-0.2, 0) is 27.1 Å². The molecule has 9 nitrogen and oxygen atoms in total. The van der Waals surface area contributed by atoms with E-state index in [1.54, 1.807) is 36.4 Å². The number of carbonyl (C=O) groups is 3. The van der Waals surface area contributed by atoms with Crippen LogP contribution in [0.5, 0.6) is 5.75 Å². The largest absolute Gasteiger partial charge is 0.497 e. The SMILES string of the molecule is COc1ccc(N2C(=O)C3Sc4c(sc(=O)n4CC(=O)Nc4cccc(C(F)(F)F)c4)[C@H](c4ccco4)C3C2=O)cc1. The van der Waals surface area contributed by atoms with Crippen molar-refractivity contribution in [3.63, 3.8) is 0 Å². The van der Waals surface area contributed by atoms with Crippen molar-refractivity contribution < 1.29 is 36.7 Å². The predicted molar refractivity (Wildman–Crippen MR) is 148 cm³/mol. The number of thioether (sulfide) groups is 1. The van der Waals surface area contributed by atoms with Gasteiger partial charge in [-0.2, -0.15) is 13.2 Å². The number of aromatic nitrogens is 1. The maximum atomic E-state index is 13.8. The first kappa shape index (κ1) is 27.8. The summed E-state index contributed by atoms with van der Waals surface area (Å²) in [7, 11) is 1.50. The molecule has 0 saturated carbocycles. The third-order valence-electron chi connectivity index (χ3n) is 7.00. The molecule has 0 aliphatic carbocycles. The van der Waals surface area contributed by atoms with Crippen LogP contribution in [0.15, 0.2) is 81.2 Å². The molecule has 3 amide bonds. The van der Waals surface area contributed by atoms with Crippen molar-refractivity contribution in [2.75, 3.05) is 17.3 Å². The van der Waals surface area contributed by atoms with Crippen LogP contribution in [0.25, 0.3) is 0 Å². The molecule has 1 saturated heterocycles. The summed E-state index contributed by atoms with van der Waals surface area (Å²) in [4.78, 5) is 54.6. The van der Waals surface area contributed by atoms with Gasteiger partial charge in [0, 0.05) is 5.69 Å². The van der Waals surface area contributed by atoms with Gasteiger partial charge in [0.25, 0.3) is 0 Å². The van der Waals surface area contributed by atoms with Crippen molar-refractivity contribution in [2.45, 2.75) is 28.9 Å². The molecule has 6 rings (SSSR count). The highest BCUT2D eigenvalue weighted by atomic mass is 32.2. The first-order valence-electron chi connectivity index (χ1n) is 12.5. The number of nitrogens with zero attached hydrogens (tertiary/aromatic N) is 2. The number of hydrogen-bond donors (Lipinski definition) is 1. The van der Waals surface area contributed by atoms with Gasteiger partial charge >= 0.3 is 11.0 Å². The molecular weight excluding hydrogens is 595 g/mol. The number of amides is 3. The smallest absolute Gasteiger partial charge is 0.416 e. The van der Waals surface area contributed by atoms with E-state index in [-0.39, 0.29) is 5.69 Å². The van der Waals surface area contributed by atoms with Crippen molar-refractivity contribution >= 4 is 52.2 Å². The minimum atomic E-state index is -4.59. The Morgan fingerprint density at radius 2 is 1.81 bits per heavy atom. The van der Waals surface area contributed by atoms with E-state index in [0.717, 1.165) is 46.2 Å². The predicted octanol–water partition coefficient (Wildman–Crippen LogP) is 4.96. The lowest BCUT2D eigenvalue weighted by Gasteiger charge is -2.29. The van der Waals surface area contributed by atoms with Gasteiger partial charge < -0.3 is 14.5 Å². The second-order valence-electron chi connectivity index (χ2n) is 9.52. The third kappa shape index (κ3) is 4.79. The number of rotatable bonds is 6. The molecule has 2 aliphatic rings. The van der Waals surface area contributed by atoms with Crippen molar-refractivity contribution in [1.29, 1.82) is 0 Å². The van der Waals surface area contributed by atoms with Gasteiger partial charge in [-0.15, -0.1) is 0 Å². The lowest BCUT2D eigenvalue weighted by Crippen LogP contribution is -2.32. The standard InChI is InChI=1S/C28H20F3N3O6S2/c1-39-17-9-7-16(8-10-17)34-24(36)21-20(18-6-3-11-40-18)23-26(41-22(21)25(34)37)33(27(38)42-23)13-19(35)32-15-5-2-4-14(12-15)28(29,30)31/h2-12,20-22H,13H2,1H3,(H,32,35)/t20-,21?,22?/m1/s1. The van der Waals surface area contributed by atoms with Gasteiger partial charge in [0.1, 0.15) is 23.3 Å². The molecule has 0 spiro atoms. The molecule has 1 fully saturated rings. The Morgan fingerprint density at radius 3 is 2.48 bits per heavy atom. The number of nitrogens with one attached hydrogen (secondary N) is 1. The number of thiazole rings is 1. The Kier molecular flexibility index (Phi) is 6.97. The fourth-order valence-corrected chi connectivity index (χ4v) is 7.89. The highest BCUT2D eigenvalue weighted by molar-refractivity contribution is 8.00. The zero-order chi connectivity index (χ0) is 29.8. The summed E-state index contributed by atoms with van der Waals surface area (Å²) < 4.78 is 51.3. The van der Waals surface area contributed by atoms with E-state index >= 15 is 0 Å². The van der Waals surface area contributed by atoms with E-state index in [2.05, 4.69) is 5.32 Å². The average Bonchev–Trinajstić information content (AvgIpc) is 3.66. The third-order valence-corrected chi connectivity index (χ3v) is 9.61. The van der Waals surface area contributed by atoms with Crippen LogP contribution in [0.4, 0.5) is 24.5 Å². The lowest BCUT2D eigenvalue weighted by molar-refractivity contribution is -0.137. The number of hydrogen-bond acceptors (Lipinski definition) is 8. The monoisotopic (exact) mass is 615 g/mol. The molecule has 4 aromatic rings. The summed E-state index contributed by atoms with van der Waals surface area (Å²) >= 11 is 1.84. The molecule has 0 radical (unpaired) electrons. The summed E-state index contributed by atoms with van der Waals surface area (Å²) in [5.74, 6) is -2.40. The zero-order valence-corrected chi connectivity index (χ0v) is 23.2. The van der Waals surface area contributed by atoms with Crippen LogP contribution in [0, 0.1) is 5.92 Å². The van der Waals surface area contributed by atoms with Gasteiger partial charge in [-0.1, -0.05) is 29.2 Å². The number of anilines is 2. The Balaban J connectivity index is 1.34. The molecule has 2 aromatic heterocycles. The first-order valence-corrected chi connectivity index (χ1v) is 14.2. The van der Waals surface area contributed by atoms with Crippen LogP contribution in [0.3, 0.4) is 0 Å². The molecule has 42 heavy (non-hydrogen) atoms. The van der Waals surface area contributed by atoms with Gasteiger partial charge in [-0.3, -0.25) is 23.7 Å². The van der Waals surface area contributed by atoms with Gasteiger partial charge in [0.2, 0.25) is 17.7 Å². The Hall–Kier alpha value is -4.30. The molecular formula is C28H20F3N3O6S2. The van der Waals surface area contributed by atoms with Crippen LogP contribution < -0.4 is 19.8 Å². The Morgan fingerprint density at radius 1 is 1.05 bits per heavy atom. The zero-order valence-electron chi connectivity index (χ0n) is 21.6. The highest BCUT2D eigenvalue weighted by Gasteiger charge is 2.57. The number of imide groups is 1. The van der Waals surface area contributed by atoms with E-state index in [9.17, 15) is 32.3 Å². The number of furan rings is 1. The van der Waals surface area contributed by atoms with Gasteiger partial charge in [0.05, 0.1) is 46.4 Å². The van der Waals surface area contributed by atoms with Gasteiger partial charge in [-0.25, -0.2) is 4.90 Å². The summed E-state index contributed by atoms with van der Waals surface area (Å²) in [6.45, 7) is -0.513. The van der Waals surface area contributed by atoms with E-state index < -0.39 is 58.0 Å².